The summed E-state index contributed by atoms with van der Waals surface area (Å²) in [4.78, 5) is 1.03. The third kappa shape index (κ3) is 2.49. The fraction of sp³-hybridized carbons (Fsp3) is 0.111. The van der Waals surface area contributed by atoms with E-state index in [1.807, 2.05) is 36.6 Å². The van der Waals surface area contributed by atoms with E-state index in [2.05, 4.69) is 11.2 Å². The number of halogens is 1. The molecular weight excluding hydrogens is 356 g/mol. The molecule has 0 radical (unpaired) electrons. The second-order valence-electron chi connectivity index (χ2n) is 5.64. The lowest BCUT2D eigenvalue weighted by Crippen LogP contribution is -2.21. The van der Waals surface area contributed by atoms with Gasteiger partial charge in [-0.1, -0.05) is 23.7 Å². The lowest BCUT2D eigenvalue weighted by atomic mass is 9.89. The molecule has 0 aliphatic carbocycles. The van der Waals surface area contributed by atoms with Crippen LogP contribution >= 0.6 is 22.9 Å². The summed E-state index contributed by atoms with van der Waals surface area (Å²) in [6, 6.07) is 13.5. The molecule has 2 N–H and O–H groups in total. The second-order valence-corrected chi connectivity index (χ2v) is 7.05. The Bertz CT molecular complexity index is 1030. The van der Waals surface area contributed by atoms with Crippen molar-refractivity contribution >= 4 is 22.9 Å². The molecule has 2 aromatic heterocycles. The van der Waals surface area contributed by atoms with Crippen molar-refractivity contribution in [3.63, 3.8) is 0 Å². The molecule has 1 atom stereocenters. The van der Waals surface area contributed by atoms with Gasteiger partial charge in [0.05, 0.1) is 22.9 Å². The monoisotopic (exact) mass is 368 g/mol. The highest BCUT2D eigenvalue weighted by Crippen LogP contribution is 2.45. The molecule has 0 bridgehead atoms. The summed E-state index contributed by atoms with van der Waals surface area (Å²) < 4.78 is 7.49. The molecule has 1 unspecified atom stereocenters. The van der Waals surface area contributed by atoms with E-state index in [0.717, 1.165) is 21.8 Å². The normalized spacial score (nSPS) is 16.3. The van der Waals surface area contributed by atoms with Crippen LogP contribution in [0.3, 0.4) is 0 Å². The number of fused-ring (bicyclic) bond motifs is 1. The molecule has 0 fully saturated rings. The Morgan fingerprint density at radius 3 is 2.88 bits per heavy atom. The molecule has 1 aromatic carbocycles. The Balaban J connectivity index is 1.96. The highest BCUT2D eigenvalue weighted by atomic mass is 35.5. The quantitative estimate of drug-likeness (QED) is 0.738. The van der Waals surface area contributed by atoms with Gasteiger partial charge in [0.2, 0.25) is 11.8 Å². The SMILES string of the molecule is Cc1nn(-c2cccc(Cl)c2)c2c1C(c1cccs1)C(C#N)=C(N)O2. The van der Waals surface area contributed by atoms with Crippen LogP contribution in [-0.4, -0.2) is 9.78 Å². The van der Waals surface area contributed by atoms with Gasteiger partial charge in [0.1, 0.15) is 11.6 Å². The third-order valence-corrected chi connectivity index (χ3v) is 5.29. The number of rotatable bonds is 2. The van der Waals surface area contributed by atoms with Crippen LogP contribution in [0.2, 0.25) is 5.02 Å². The average Bonchev–Trinajstić information content (AvgIpc) is 3.22. The number of allylic oxidation sites excluding steroid dienone is 1. The maximum Gasteiger partial charge on any atom is 0.229 e. The number of nitriles is 1. The van der Waals surface area contributed by atoms with Crippen molar-refractivity contribution < 1.29 is 4.74 Å². The molecule has 25 heavy (non-hydrogen) atoms. The Kier molecular flexibility index (Phi) is 3.75. The Hall–Kier alpha value is -2.75. The van der Waals surface area contributed by atoms with Crippen molar-refractivity contribution in [3.8, 4) is 17.6 Å². The third-order valence-electron chi connectivity index (χ3n) is 4.11. The molecule has 5 nitrogen and oxygen atoms in total. The summed E-state index contributed by atoms with van der Waals surface area (Å²) in [5, 5.41) is 16.8. The van der Waals surface area contributed by atoms with Crippen LogP contribution in [-0.2, 0) is 0 Å². The zero-order valence-corrected chi connectivity index (χ0v) is 14.8. The molecule has 3 heterocycles. The topological polar surface area (TPSA) is 76.9 Å². The van der Waals surface area contributed by atoms with Gasteiger partial charge in [-0.25, -0.2) is 4.68 Å². The molecule has 4 rings (SSSR count). The minimum atomic E-state index is -0.276. The maximum absolute atomic E-state index is 9.60. The van der Waals surface area contributed by atoms with Crippen LogP contribution in [0.4, 0.5) is 0 Å². The van der Waals surface area contributed by atoms with E-state index in [9.17, 15) is 5.26 Å². The number of nitrogens with zero attached hydrogens (tertiary/aromatic N) is 3. The number of thiophene rings is 1. The minimum Gasteiger partial charge on any atom is -0.422 e. The minimum absolute atomic E-state index is 0.108. The Morgan fingerprint density at radius 1 is 1.36 bits per heavy atom. The maximum atomic E-state index is 9.60. The molecule has 0 saturated carbocycles. The first-order valence-corrected chi connectivity index (χ1v) is 8.82. The lowest BCUT2D eigenvalue weighted by Gasteiger charge is -2.23. The summed E-state index contributed by atoms with van der Waals surface area (Å²) in [6.45, 7) is 1.90. The number of aromatic nitrogens is 2. The number of hydrogen-bond donors (Lipinski definition) is 1. The first kappa shape index (κ1) is 15.8. The number of nitrogens with two attached hydrogens (primary N) is 1. The molecule has 0 spiro atoms. The van der Waals surface area contributed by atoms with E-state index in [4.69, 9.17) is 22.1 Å². The van der Waals surface area contributed by atoms with Crippen molar-refractivity contribution in [1.82, 2.24) is 9.78 Å². The summed E-state index contributed by atoms with van der Waals surface area (Å²) >= 11 is 7.69. The van der Waals surface area contributed by atoms with E-state index in [1.54, 1.807) is 28.2 Å². The molecule has 0 saturated heterocycles. The van der Waals surface area contributed by atoms with E-state index < -0.39 is 0 Å². The van der Waals surface area contributed by atoms with Crippen molar-refractivity contribution in [3.05, 3.63) is 74.4 Å². The predicted molar refractivity (Wildman–Crippen MR) is 96.9 cm³/mol. The van der Waals surface area contributed by atoms with Crippen molar-refractivity contribution in [1.29, 1.82) is 5.26 Å². The molecular formula is C18H13ClN4OS. The van der Waals surface area contributed by atoms with Gasteiger partial charge in [0, 0.05) is 9.90 Å². The molecule has 0 amide bonds. The number of ether oxygens (including phenoxy) is 1. The summed E-state index contributed by atoms with van der Waals surface area (Å²) in [7, 11) is 0. The standard InChI is InChI=1S/C18H13ClN4OS/c1-10-15-16(14-6-3-7-25-14)13(9-20)17(21)24-18(15)23(22-10)12-5-2-4-11(19)8-12/h2-8,16H,21H2,1H3. The summed E-state index contributed by atoms with van der Waals surface area (Å²) in [5.74, 6) is 0.355. The first-order chi connectivity index (χ1) is 12.1. The van der Waals surface area contributed by atoms with Crippen LogP contribution in [0, 0.1) is 18.3 Å². The molecule has 1 aliphatic heterocycles. The van der Waals surface area contributed by atoms with Gasteiger partial charge in [-0.3, -0.25) is 0 Å². The lowest BCUT2D eigenvalue weighted by molar-refractivity contribution is 0.367. The van der Waals surface area contributed by atoms with Crippen LogP contribution in [0.5, 0.6) is 5.88 Å². The van der Waals surface area contributed by atoms with Gasteiger partial charge in [-0.2, -0.15) is 10.4 Å². The van der Waals surface area contributed by atoms with Crippen LogP contribution in [0.1, 0.15) is 22.1 Å². The van der Waals surface area contributed by atoms with Gasteiger partial charge in [-0.15, -0.1) is 11.3 Å². The molecule has 7 heteroatoms. The van der Waals surface area contributed by atoms with E-state index >= 15 is 0 Å². The fourth-order valence-corrected chi connectivity index (χ4v) is 4.06. The van der Waals surface area contributed by atoms with E-state index in [1.165, 1.54) is 0 Å². The highest BCUT2D eigenvalue weighted by molar-refractivity contribution is 7.10. The van der Waals surface area contributed by atoms with Crippen molar-refractivity contribution in [2.24, 2.45) is 5.73 Å². The Labute approximate surface area is 153 Å². The van der Waals surface area contributed by atoms with Crippen LogP contribution in [0.15, 0.2) is 53.2 Å². The smallest absolute Gasteiger partial charge is 0.229 e. The van der Waals surface area contributed by atoms with Gasteiger partial charge in [0.25, 0.3) is 0 Å². The zero-order chi connectivity index (χ0) is 17.6. The number of benzene rings is 1. The zero-order valence-electron chi connectivity index (χ0n) is 13.2. The highest BCUT2D eigenvalue weighted by Gasteiger charge is 2.36. The summed E-state index contributed by atoms with van der Waals surface area (Å²) in [6.07, 6.45) is 0. The second kappa shape index (κ2) is 5.96. The first-order valence-electron chi connectivity index (χ1n) is 7.56. The van der Waals surface area contributed by atoms with Crippen LogP contribution < -0.4 is 10.5 Å². The Morgan fingerprint density at radius 2 is 2.20 bits per heavy atom. The van der Waals surface area contributed by atoms with Gasteiger partial charge in [-0.05, 0) is 36.6 Å². The van der Waals surface area contributed by atoms with Crippen LogP contribution in [0.25, 0.3) is 5.69 Å². The van der Waals surface area contributed by atoms with Crippen molar-refractivity contribution in [2.75, 3.05) is 0 Å². The fourth-order valence-electron chi connectivity index (χ4n) is 3.04. The van der Waals surface area contributed by atoms with Gasteiger partial charge >= 0.3 is 0 Å². The molecule has 3 aromatic rings. The number of hydrogen-bond acceptors (Lipinski definition) is 5. The number of aryl methyl sites for hydroxylation is 1. The van der Waals surface area contributed by atoms with E-state index in [0.29, 0.717) is 16.5 Å². The summed E-state index contributed by atoms with van der Waals surface area (Å²) in [5.41, 5.74) is 8.88. The molecule has 124 valence electrons. The molecule has 1 aliphatic rings. The van der Waals surface area contributed by atoms with E-state index in [-0.39, 0.29) is 11.8 Å². The predicted octanol–water partition coefficient (Wildman–Crippen LogP) is 4.11. The van der Waals surface area contributed by atoms with Gasteiger partial charge < -0.3 is 10.5 Å². The van der Waals surface area contributed by atoms with Gasteiger partial charge in [0.15, 0.2) is 0 Å². The largest absolute Gasteiger partial charge is 0.422 e. The average molecular weight is 369 g/mol. The van der Waals surface area contributed by atoms with Crippen molar-refractivity contribution in [2.45, 2.75) is 12.8 Å².